The van der Waals surface area contributed by atoms with Crippen molar-refractivity contribution in [1.29, 1.82) is 0 Å². The third-order valence-electron chi connectivity index (χ3n) is 5.33. The van der Waals surface area contributed by atoms with E-state index in [9.17, 15) is 0 Å². The number of unbranched alkanes of at least 4 members (excludes halogenated alkanes) is 5. The molecule has 10 nitrogen and oxygen atoms in total. The van der Waals surface area contributed by atoms with Gasteiger partial charge in [0.25, 0.3) is 0 Å². The first-order chi connectivity index (χ1) is 21.2. The Kier molecular flexibility index (Phi) is 17.7. The van der Waals surface area contributed by atoms with Crippen LogP contribution in [0.1, 0.15) is 118 Å². The van der Waals surface area contributed by atoms with E-state index < -0.39 is 38.3 Å². The van der Waals surface area contributed by atoms with Crippen molar-refractivity contribution in [2.45, 2.75) is 105 Å². The van der Waals surface area contributed by atoms with Gasteiger partial charge >= 0.3 is 0 Å². The van der Waals surface area contributed by atoms with Crippen LogP contribution in [0.25, 0.3) is 0 Å². The first kappa shape index (κ1) is 23.9. The van der Waals surface area contributed by atoms with Gasteiger partial charge in [-0.2, -0.15) is 0 Å². The number of nitrogens with two attached hydrogens (primary N) is 4. The maximum absolute atomic E-state index is 8.07. The van der Waals surface area contributed by atoms with Gasteiger partial charge < -0.3 is 22.9 Å². The van der Waals surface area contributed by atoms with Crippen molar-refractivity contribution >= 4 is 48.7 Å². The van der Waals surface area contributed by atoms with Crippen LogP contribution in [0.4, 0.5) is 0 Å². The number of rotatable bonds is 19. The molecular weight excluding hydrogens is 523 g/mol. The monoisotopic (exact) mass is 590 g/mol. The van der Waals surface area contributed by atoms with Gasteiger partial charge in [-0.05, 0) is 37.5 Å². The Balaban J connectivity index is -0.0000101. The average molecular weight is 592 g/mol. The van der Waals surface area contributed by atoms with E-state index >= 15 is 0 Å². The summed E-state index contributed by atoms with van der Waals surface area (Å²) in [6.07, 6.45) is 2.08. The molecule has 2 atom stereocenters. The number of aliphatic imine (C=N–C) groups is 4. The van der Waals surface area contributed by atoms with Crippen molar-refractivity contribution in [3.63, 3.8) is 0 Å². The van der Waals surface area contributed by atoms with Gasteiger partial charge in [0.15, 0.2) is 23.8 Å². The van der Waals surface area contributed by atoms with E-state index in [-0.39, 0.29) is 61.7 Å². The summed E-state index contributed by atoms with van der Waals surface area (Å²) < 4.78 is 77.5. The maximum Gasteiger partial charge on any atom is 0.195 e. The summed E-state index contributed by atoms with van der Waals surface area (Å²) in [5, 5.41) is 5.30. The van der Waals surface area contributed by atoms with Gasteiger partial charge in [-0.25, -0.2) is 0 Å². The summed E-state index contributed by atoms with van der Waals surface area (Å²) in [6, 6.07) is 0. The smallest absolute Gasteiger partial charge is 0.195 e. The predicted octanol–water partition coefficient (Wildman–Crippen LogP) is 4.26. The molecule has 0 amide bonds. The summed E-state index contributed by atoms with van der Waals surface area (Å²) in [5.41, 5.74) is 23.4. The number of hydrogen-bond acceptors (Lipinski definition) is 4. The van der Waals surface area contributed by atoms with E-state index in [1.54, 1.807) is 0 Å². The fourth-order valence-electron chi connectivity index (χ4n) is 3.13. The number of nitrogens with zero attached hydrogens (tertiary/aromatic N) is 4. The normalized spacial score (nSPS) is 19.6. The zero-order valence-electron chi connectivity index (χ0n) is 33.0. The van der Waals surface area contributed by atoms with Gasteiger partial charge in [0.05, 0.1) is 0 Å². The lowest BCUT2D eigenvalue weighted by Crippen LogP contribution is -2.42. The molecule has 0 fully saturated rings. The third-order valence-corrected chi connectivity index (χ3v) is 5.33. The molecule has 2 unspecified atom stereocenters. The summed E-state index contributed by atoms with van der Waals surface area (Å²) in [6.45, 7) is -0.967. The van der Waals surface area contributed by atoms with Gasteiger partial charge in [-0.3, -0.25) is 30.6 Å². The molecule has 0 bridgehead atoms. The molecule has 0 aromatic rings. The van der Waals surface area contributed by atoms with Gasteiger partial charge in [0.1, 0.15) is 0 Å². The molecule has 0 rings (SSSR count). The van der Waals surface area contributed by atoms with E-state index in [1.165, 1.54) is 0 Å². The van der Waals surface area contributed by atoms with Crippen LogP contribution in [0.3, 0.4) is 0 Å². The van der Waals surface area contributed by atoms with Crippen molar-refractivity contribution in [3.05, 3.63) is 0 Å². The molecule has 0 radical (unpaired) electrons. The van der Waals surface area contributed by atoms with Crippen LogP contribution < -0.4 is 33.6 Å². The predicted molar refractivity (Wildman–Crippen MR) is 172 cm³/mol. The molecule has 0 aromatic heterocycles. The molecule has 0 aliphatic carbocycles. The molecule has 0 spiro atoms. The Morgan fingerprint density at radius 2 is 1.00 bits per heavy atom. The maximum atomic E-state index is 8.07. The second-order valence-electron chi connectivity index (χ2n) is 8.62. The van der Waals surface area contributed by atoms with Crippen LogP contribution in [0, 0.1) is 11.8 Å². The summed E-state index contributed by atoms with van der Waals surface area (Å²) in [5.74, 6) is -1.66. The first-order valence-electron chi connectivity index (χ1n) is 17.9. The standard InChI is InChI=1S/C26H56N10.2ClH/c1-5-9-15-21(7-3)19-33-25(29)35-23(27)31-17-13-11-12-14-18-32-24(28)36-26(30)34-20-22(8-4)16-10-6-2;;/h21-22H,5-20H2,1-4H3,(H5,27,29,31,33,35)(H5,28,30,32,34,36);2*1H/i3D3,4D3,7D2,8D2;;. The number of nitrogens with one attached hydrogen (secondary N) is 2. The lowest BCUT2D eigenvalue weighted by atomic mass is 10.00. The molecule has 226 valence electrons. The van der Waals surface area contributed by atoms with Crippen molar-refractivity contribution in [1.82, 2.24) is 10.6 Å². The largest absolute Gasteiger partial charge is 0.370 e. The lowest BCUT2D eigenvalue weighted by molar-refractivity contribution is 0.462. The number of hydrogen-bond donors (Lipinski definition) is 6. The molecule has 0 aromatic carbocycles. The molecule has 0 saturated heterocycles. The van der Waals surface area contributed by atoms with Crippen LogP contribution in [-0.2, 0) is 0 Å². The Bertz CT molecular complexity index is 929. The number of halogens is 2. The molecule has 0 heterocycles. The third kappa shape index (κ3) is 24.4. The fourth-order valence-corrected chi connectivity index (χ4v) is 3.13. The van der Waals surface area contributed by atoms with Crippen LogP contribution in [0.15, 0.2) is 20.0 Å². The van der Waals surface area contributed by atoms with Crippen LogP contribution in [-0.4, -0.2) is 50.0 Å². The van der Waals surface area contributed by atoms with Gasteiger partial charge in [-0.1, -0.05) is 78.8 Å². The van der Waals surface area contributed by atoms with Crippen molar-refractivity contribution in [2.24, 2.45) is 54.7 Å². The molecular formula is C26H58Cl2N10. The Morgan fingerprint density at radius 1 is 0.632 bits per heavy atom. The highest BCUT2D eigenvalue weighted by Gasteiger charge is 2.06. The van der Waals surface area contributed by atoms with Crippen molar-refractivity contribution < 1.29 is 13.7 Å². The van der Waals surface area contributed by atoms with Crippen LogP contribution in [0.5, 0.6) is 0 Å². The second-order valence-corrected chi connectivity index (χ2v) is 8.62. The summed E-state index contributed by atoms with van der Waals surface area (Å²) in [4.78, 5) is 16.6. The first-order valence-corrected chi connectivity index (χ1v) is 12.9. The Hall–Kier alpha value is -1.94. The minimum Gasteiger partial charge on any atom is -0.370 e. The Morgan fingerprint density at radius 3 is 1.34 bits per heavy atom. The zero-order valence-corrected chi connectivity index (χ0v) is 24.6. The van der Waals surface area contributed by atoms with Crippen LogP contribution in [0.2, 0.25) is 0 Å². The number of guanidine groups is 4. The van der Waals surface area contributed by atoms with Crippen molar-refractivity contribution in [2.75, 3.05) is 26.2 Å². The molecule has 12 heteroatoms. The van der Waals surface area contributed by atoms with E-state index in [0.29, 0.717) is 38.8 Å². The van der Waals surface area contributed by atoms with E-state index in [0.717, 1.165) is 38.5 Å². The van der Waals surface area contributed by atoms with E-state index in [4.69, 9.17) is 36.6 Å². The van der Waals surface area contributed by atoms with Crippen molar-refractivity contribution in [3.8, 4) is 0 Å². The molecule has 0 aliphatic heterocycles. The van der Waals surface area contributed by atoms with E-state index in [2.05, 4.69) is 30.6 Å². The second kappa shape index (κ2) is 28.1. The highest BCUT2D eigenvalue weighted by atomic mass is 35.5. The van der Waals surface area contributed by atoms with E-state index in [1.807, 2.05) is 13.8 Å². The molecule has 0 saturated carbocycles. The summed E-state index contributed by atoms with van der Waals surface area (Å²) >= 11 is 0. The molecule has 10 N–H and O–H groups in total. The Labute approximate surface area is 258 Å². The van der Waals surface area contributed by atoms with Gasteiger partial charge in [0.2, 0.25) is 0 Å². The SMILES string of the molecule is Cl.Cl.[2H]C([2H])([2H])C([2H])([2H])C(CCCC)CN=C(N)NC(N)=NCCCCCCN=C(N)NC(N)=NCC(CCCC)C([2H])([2H])C([2H])([2H])[2H]. The van der Waals surface area contributed by atoms with Gasteiger partial charge in [-0.15, -0.1) is 24.8 Å². The highest BCUT2D eigenvalue weighted by molar-refractivity contribution is 5.97. The van der Waals surface area contributed by atoms with Gasteiger partial charge in [0, 0.05) is 39.9 Å². The molecule has 38 heavy (non-hydrogen) atoms. The quantitative estimate of drug-likeness (QED) is 0.0742. The fraction of sp³-hybridized carbons (Fsp3) is 0.846. The van der Waals surface area contributed by atoms with Crippen LogP contribution >= 0.6 is 24.8 Å². The lowest BCUT2D eigenvalue weighted by Gasteiger charge is -2.12. The minimum absolute atomic E-state index is 0. The topological polar surface area (TPSA) is 178 Å². The molecule has 0 aliphatic rings. The summed E-state index contributed by atoms with van der Waals surface area (Å²) in [7, 11) is 0. The zero-order chi connectivity index (χ0) is 35.6. The average Bonchev–Trinajstić information content (AvgIpc) is 2.92. The highest BCUT2D eigenvalue weighted by Crippen LogP contribution is 2.13. The minimum atomic E-state index is -2.77.